The van der Waals surface area contributed by atoms with E-state index in [0.717, 1.165) is 37.1 Å². The van der Waals surface area contributed by atoms with Crippen molar-refractivity contribution in [3.8, 4) is 0 Å². The van der Waals surface area contributed by atoms with Crippen molar-refractivity contribution >= 4 is 10.8 Å². The molecule has 0 aromatic carbocycles. The highest BCUT2D eigenvalue weighted by molar-refractivity contribution is 7.84. The lowest BCUT2D eigenvalue weighted by Crippen LogP contribution is -2.56. The molecule has 1 aliphatic rings. The Morgan fingerprint density at radius 3 is 2.76 bits per heavy atom. The quantitative estimate of drug-likeness (QED) is 0.785. The molecule has 0 aliphatic carbocycles. The van der Waals surface area contributed by atoms with Crippen LogP contribution >= 0.6 is 0 Å². The second-order valence-electron chi connectivity index (χ2n) is 5.51. The normalized spacial score (nSPS) is 28.5. The van der Waals surface area contributed by atoms with Gasteiger partial charge in [0.05, 0.1) is 0 Å². The van der Waals surface area contributed by atoms with Crippen LogP contribution in [-0.4, -0.2) is 52.3 Å². The first-order chi connectivity index (χ1) is 8.02. The largest absolute Gasteiger partial charge is 0.311 e. The molecule has 3 nitrogen and oxygen atoms in total. The van der Waals surface area contributed by atoms with E-state index in [2.05, 4.69) is 31.0 Å². The zero-order chi connectivity index (χ0) is 12.8. The molecule has 1 fully saturated rings. The van der Waals surface area contributed by atoms with Crippen LogP contribution in [0.3, 0.4) is 0 Å². The number of hydrogen-bond acceptors (Lipinski definition) is 3. The van der Waals surface area contributed by atoms with Gasteiger partial charge in [-0.1, -0.05) is 20.8 Å². The molecule has 3 unspecified atom stereocenters. The SMILES string of the molecule is CCS(=O)CCN1CC(CC(C)C)NCC1C. The summed E-state index contributed by atoms with van der Waals surface area (Å²) in [4.78, 5) is 2.50. The Morgan fingerprint density at radius 2 is 2.18 bits per heavy atom. The van der Waals surface area contributed by atoms with Crippen LogP contribution in [0.2, 0.25) is 0 Å². The van der Waals surface area contributed by atoms with E-state index in [-0.39, 0.29) is 0 Å². The molecule has 0 aromatic rings. The highest BCUT2D eigenvalue weighted by atomic mass is 32.2. The summed E-state index contributed by atoms with van der Waals surface area (Å²) in [6.07, 6.45) is 1.24. The van der Waals surface area contributed by atoms with Crippen LogP contribution in [0.25, 0.3) is 0 Å². The molecule has 0 radical (unpaired) electrons. The fourth-order valence-electron chi connectivity index (χ4n) is 2.40. The van der Waals surface area contributed by atoms with Crippen LogP contribution in [0.4, 0.5) is 0 Å². The van der Waals surface area contributed by atoms with Crippen LogP contribution in [0.5, 0.6) is 0 Å². The lowest BCUT2D eigenvalue weighted by atomic mass is 10.0. The van der Waals surface area contributed by atoms with Crippen molar-refractivity contribution in [2.24, 2.45) is 5.92 Å². The molecule has 17 heavy (non-hydrogen) atoms. The van der Waals surface area contributed by atoms with Crippen molar-refractivity contribution in [3.63, 3.8) is 0 Å². The maximum Gasteiger partial charge on any atom is 0.0362 e. The lowest BCUT2D eigenvalue weighted by molar-refractivity contribution is 0.140. The molecule has 1 aliphatic heterocycles. The van der Waals surface area contributed by atoms with Gasteiger partial charge in [-0.2, -0.15) is 0 Å². The standard InChI is InChI=1S/C13H28N2OS/c1-5-17(16)7-6-15-10-13(8-11(2)3)14-9-12(15)4/h11-14H,5-10H2,1-4H3. The fourth-order valence-corrected chi connectivity index (χ4v) is 3.12. The van der Waals surface area contributed by atoms with Gasteiger partial charge in [0.1, 0.15) is 0 Å². The van der Waals surface area contributed by atoms with Crippen molar-refractivity contribution < 1.29 is 4.21 Å². The molecular weight excluding hydrogens is 232 g/mol. The molecule has 0 aromatic heterocycles. The van der Waals surface area contributed by atoms with E-state index in [1.54, 1.807) is 0 Å². The Balaban J connectivity index is 2.37. The Bertz CT molecular complexity index is 246. The smallest absolute Gasteiger partial charge is 0.0362 e. The Hall–Kier alpha value is 0.0700. The number of nitrogens with one attached hydrogen (secondary N) is 1. The van der Waals surface area contributed by atoms with Crippen LogP contribution in [0, 0.1) is 5.92 Å². The Morgan fingerprint density at radius 1 is 1.47 bits per heavy atom. The molecule has 4 heteroatoms. The minimum atomic E-state index is -0.628. The predicted octanol–water partition coefficient (Wildman–Crippen LogP) is 1.46. The van der Waals surface area contributed by atoms with Gasteiger partial charge < -0.3 is 5.32 Å². The first kappa shape index (κ1) is 15.1. The second-order valence-corrected chi connectivity index (χ2v) is 7.38. The minimum Gasteiger partial charge on any atom is -0.311 e. The first-order valence-electron chi connectivity index (χ1n) is 6.85. The van der Waals surface area contributed by atoms with E-state index in [0.29, 0.717) is 12.1 Å². The van der Waals surface area contributed by atoms with Crippen LogP contribution < -0.4 is 5.32 Å². The van der Waals surface area contributed by atoms with E-state index >= 15 is 0 Å². The molecule has 0 bridgehead atoms. The van der Waals surface area contributed by atoms with Crippen molar-refractivity contribution in [1.29, 1.82) is 0 Å². The fraction of sp³-hybridized carbons (Fsp3) is 1.00. The van der Waals surface area contributed by atoms with Gasteiger partial charge in [-0.25, -0.2) is 0 Å². The summed E-state index contributed by atoms with van der Waals surface area (Å²) < 4.78 is 11.5. The zero-order valence-electron chi connectivity index (χ0n) is 11.7. The highest BCUT2D eigenvalue weighted by Gasteiger charge is 2.25. The summed E-state index contributed by atoms with van der Waals surface area (Å²) in [6.45, 7) is 12.0. The van der Waals surface area contributed by atoms with Crippen molar-refractivity contribution in [3.05, 3.63) is 0 Å². The van der Waals surface area contributed by atoms with Gasteiger partial charge in [0.25, 0.3) is 0 Å². The summed E-state index contributed by atoms with van der Waals surface area (Å²) in [5.41, 5.74) is 0. The molecule has 1 N–H and O–H groups in total. The van der Waals surface area contributed by atoms with Gasteiger partial charge in [-0.15, -0.1) is 0 Å². The predicted molar refractivity (Wildman–Crippen MR) is 75.8 cm³/mol. The second kappa shape index (κ2) is 7.49. The summed E-state index contributed by atoms with van der Waals surface area (Å²) >= 11 is 0. The molecule has 1 saturated heterocycles. The van der Waals surface area contributed by atoms with Crippen molar-refractivity contribution in [1.82, 2.24) is 10.2 Å². The van der Waals surface area contributed by atoms with Crippen LogP contribution in [0.1, 0.15) is 34.1 Å². The Kier molecular flexibility index (Phi) is 6.67. The van der Waals surface area contributed by atoms with Crippen LogP contribution in [0.15, 0.2) is 0 Å². The summed E-state index contributed by atoms with van der Waals surface area (Å²) in [5.74, 6) is 2.36. The average molecular weight is 260 g/mol. The topological polar surface area (TPSA) is 32.3 Å². The monoisotopic (exact) mass is 260 g/mol. The van der Waals surface area contributed by atoms with Crippen LogP contribution in [-0.2, 0) is 10.8 Å². The number of hydrogen-bond donors (Lipinski definition) is 1. The van der Waals surface area contributed by atoms with Gasteiger partial charge in [0.15, 0.2) is 0 Å². The third kappa shape index (κ3) is 5.49. The van der Waals surface area contributed by atoms with Gasteiger partial charge >= 0.3 is 0 Å². The summed E-state index contributed by atoms with van der Waals surface area (Å²) in [5, 5.41) is 3.61. The zero-order valence-corrected chi connectivity index (χ0v) is 12.6. The third-order valence-corrected chi connectivity index (χ3v) is 4.75. The molecule has 0 saturated carbocycles. The Labute approximate surface area is 109 Å². The first-order valence-corrected chi connectivity index (χ1v) is 8.34. The summed E-state index contributed by atoms with van der Waals surface area (Å²) in [6, 6.07) is 1.19. The van der Waals surface area contributed by atoms with E-state index < -0.39 is 10.8 Å². The minimum absolute atomic E-state index is 0.576. The lowest BCUT2D eigenvalue weighted by Gasteiger charge is -2.39. The molecule has 0 amide bonds. The number of rotatable bonds is 6. The van der Waals surface area contributed by atoms with Crippen molar-refractivity contribution in [2.45, 2.75) is 46.2 Å². The van der Waals surface area contributed by atoms with E-state index in [9.17, 15) is 4.21 Å². The molecule has 1 heterocycles. The molecule has 1 rings (SSSR count). The van der Waals surface area contributed by atoms with Gasteiger partial charge in [-0.05, 0) is 19.3 Å². The third-order valence-electron chi connectivity index (χ3n) is 3.46. The summed E-state index contributed by atoms with van der Waals surface area (Å²) in [7, 11) is -0.628. The molecule has 102 valence electrons. The van der Waals surface area contributed by atoms with Crippen molar-refractivity contribution in [2.75, 3.05) is 31.1 Å². The average Bonchev–Trinajstić information content (AvgIpc) is 2.28. The van der Waals surface area contributed by atoms with E-state index in [1.165, 1.54) is 6.42 Å². The number of piperazine rings is 1. The van der Waals surface area contributed by atoms with Gasteiger partial charge in [-0.3, -0.25) is 9.11 Å². The van der Waals surface area contributed by atoms with E-state index in [1.807, 2.05) is 6.92 Å². The molecule has 3 atom stereocenters. The maximum absolute atomic E-state index is 11.5. The maximum atomic E-state index is 11.5. The molecular formula is C13H28N2OS. The number of nitrogens with zero attached hydrogens (tertiary/aromatic N) is 1. The van der Waals surface area contributed by atoms with E-state index in [4.69, 9.17) is 0 Å². The van der Waals surface area contributed by atoms with Gasteiger partial charge in [0, 0.05) is 54.0 Å². The van der Waals surface area contributed by atoms with Gasteiger partial charge in [0.2, 0.25) is 0 Å². The highest BCUT2D eigenvalue weighted by Crippen LogP contribution is 2.12. The molecule has 0 spiro atoms.